The van der Waals surface area contributed by atoms with Crippen molar-refractivity contribution in [2.24, 2.45) is 0 Å². The van der Waals surface area contributed by atoms with E-state index in [9.17, 15) is 0 Å². The molecule has 0 aliphatic carbocycles. The normalized spacial score (nSPS) is 12.4. The van der Waals surface area contributed by atoms with E-state index in [1.165, 1.54) is 18.5 Å². The lowest BCUT2D eigenvalue weighted by Gasteiger charge is -2.21. The number of hydrogen-bond acceptors (Lipinski definition) is 2. The average molecular weight is 255 g/mol. The highest BCUT2D eigenvalue weighted by molar-refractivity contribution is 7.71. The van der Waals surface area contributed by atoms with Crippen LogP contribution < -0.4 is 0 Å². The van der Waals surface area contributed by atoms with Crippen molar-refractivity contribution in [1.82, 2.24) is 14.5 Å². The standard InChI is InChI=1S/C13H25N3S/c1-13(2,3)11-10-14-12(17)16(11)9-7-6-8-15(4)5/h10H,6-9H2,1-5H3,(H,14,17). The molecule has 17 heavy (non-hydrogen) atoms. The minimum Gasteiger partial charge on any atom is -0.337 e. The Kier molecular flexibility index (Phi) is 4.95. The van der Waals surface area contributed by atoms with Gasteiger partial charge in [-0.05, 0) is 45.7 Å². The molecule has 0 atom stereocenters. The highest BCUT2D eigenvalue weighted by atomic mass is 32.1. The molecule has 1 heterocycles. The van der Waals surface area contributed by atoms with Crippen LogP contribution in [-0.4, -0.2) is 35.1 Å². The van der Waals surface area contributed by atoms with E-state index < -0.39 is 0 Å². The van der Waals surface area contributed by atoms with Gasteiger partial charge in [0.15, 0.2) is 4.77 Å². The molecule has 98 valence electrons. The maximum absolute atomic E-state index is 5.34. The first kappa shape index (κ1) is 14.5. The lowest BCUT2D eigenvalue weighted by Crippen LogP contribution is -2.18. The maximum Gasteiger partial charge on any atom is 0.177 e. The smallest absolute Gasteiger partial charge is 0.177 e. The molecule has 3 nitrogen and oxygen atoms in total. The lowest BCUT2D eigenvalue weighted by atomic mass is 9.92. The summed E-state index contributed by atoms with van der Waals surface area (Å²) in [6.45, 7) is 8.83. The van der Waals surface area contributed by atoms with Crippen LogP contribution in [0.15, 0.2) is 6.20 Å². The van der Waals surface area contributed by atoms with E-state index in [-0.39, 0.29) is 5.41 Å². The molecule has 0 radical (unpaired) electrons. The summed E-state index contributed by atoms with van der Waals surface area (Å²) in [6.07, 6.45) is 4.44. The summed E-state index contributed by atoms with van der Waals surface area (Å²) >= 11 is 5.34. The quantitative estimate of drug-likeness (QED) is 0.645. The van der Waals surface area contributed by atoms with Gasteiger partial charge in [0.2, 0.25) is 0 Å². The molecule has 4 heteroatoms. The van der Waals surface area contributed by atoms with Crippen LogP contribution >= 0.6 is 12.2 Å². The molecule has 0 aliphatic rings. The second kappa shape index (κ2) is 5.83. The van der Waals surface area contributed by atoms with Crippen LogP contribution in [0.3, 0.4) is 0 Å². The number of imidazole rings is 1. The third kappa shape index (κ3) is 4.28. The van der Waals surface area contributed by atoms with Crippen molar-refractivity contribution in [1.29, 1.82) is 0 Å². The zero-order valence-corrected chi connectivity index (χ0v) is 12.5. The predicted octanol–water partition coefficient (Wildman–Crippen LogP) is 3.18. The van der Waals surface area contributed by atoms with Crippen molar-refractivity contribution in [3.05, 3.63) is 16.7 Å². The van der Waals surface area contributed by atoms with E-state index in [0.717, 1.165) is 17.9 Å². The summed E-state index contributed by atoms with van der Waals surface area (Å²) in [5, 5.41) is 0. The van der Waals surface area contributed by atoms with Gasteiger partial charge in [0, 0.05) is 23.9 Å². The number of rotatable bonds is 5. The summed E-state index contributed by atoms with van der Waals surface area (Å²) in [5.41, 5.74) is 1.45. The number of aromatic amines is 1. The summed E-state index contributed by atoms with van der Waals surface area (Å²) in [5.74, 6) is 0. The molecule has 0 saturated carbocycles. The maximum atomic E-state index is 5.34. The summed E-state index contributed by atoms with van der Waals surface area (Å²) in [4.78, 5) is 5.38. The largest absolute Gasteiger partial charge is 0.337 e. The Morgan fingerprint density at radius 3 is 2.47 bits per heavy atom. The van der Waals surface area contributed by atoms with Crippen LogP contribution in [0.2, 0.25) is 0 Å². The summed E-state index contributed by atoms with van der Waals surface area (Å²) in [7, 11) is 4.23. The molecule has 1 rings (SSSR count). The summed E-state index contributed by atoms with van der Waals surface area (Å²) in [6, 6.07) is 0. The molecule has 1 N–H and O–H groups in total. The Balaban J connectivity index is 2.65. The van der Waals surface area contributed by atoms with Gasteiger partial charge in [-0.2, -0.15) is 0 Å². The molecule has 0 unspecified atom stereocenters. The predicted molar refractivity (Wildman–Crippen MR) is 76.1 cm³/mol. The summed E-state index contributed by atoms with van der Waals surface area (Å²) < 4.78 is 3.09. The van der Waals surface area contributed by atoms with Crippen LogP contribution in [0, 0.1) is 4.77 Å². The van der Waals surface area contributed by atoms with Gasteiger partial charge in [0.25, 0.3) is 0 Å². The number of H-pyrrole nitrogens is 1. The van der Waals surface area contributed by atoms with Crippen LogP contribution in [0.5, 0.6) is 0 Å². The van der Waals surface area contributed by atoms with Gasteiger partial charge in [-0.3, -0.25) is 0 Å². The number of nitrogens with one attached hydrogen (secondary N) is 1. The molecule has 0 bridgehead atoms. The third-order valence-electron chi connectivity index (χ3n) is 2.87. The van der Waals surface area contributed by atoms with E-state index in [0.29, 0.717) is 0 Å². The molecule has 0 amide bonds. The van der Waals surface area contributed by atoms with Gasteiger partial charge in [-0.1, -0.05) is 20.8 Å². The molecule has 1 aromatic rings. The molecular formula is C13H25N3S. The Morgan fingerprint density at radius 2 is 1.94 bits per heavy atom. The first-order valence-corrected chi connectivity index (χ1v) is 6.66. The number of unbranched alkanes of at least 4 members (excludes halogenated alkanes) is 1. The van der Waals surface area contributed by atoms with Gasteiger partial charge >= 0.3 is 0 Å². The third-order valence-corrected chi connectivity index (χ3v) is 3.21. The Hall–Kier alpha value is -0.610. The Bertz CT molecular complexity index is 396. The highest BCUT2D eigenvalue weighted by Crippen LogP contribution is 2.22. The Labute approximate surface area is 110 Å². The molecule has 0 saturated heterocycles. The first-order chi connectivity index (χ1) is 7.82. The number of nitrogens with zero attached hydrogens (tertiary/aromatic N) is 2. The second-order valence-electron chi connectivity index (χ2n) is 5.89. The van der Waals surface area contributed by atoms with E-state index in [2.05, 4.69) is 49.3 Å². The zero-order chi connectivity index (χ0) is 13.1. The van der Waals surface area contributed by atoms with Gasteiger partial charge in [-0.15, -0.1) is 0 Å². The number of hydrogen-bond donors (Lipinski definition) is 1. The van der Waals surface area contributed by atoms with Crippen molar-refractivity contribution >= 4 is 12.2 Å². The molecule has 1 aromatic heterocycles. The topological polar surface area (TPSA) is 24.0 Å². The number of aromatic nitrogens is 2. The molecule has 0 spiro atoms. The highest BCUT2D eigenvalue weighted by Gasteiger charge is 2.18. The SMILES string of the molecule is CN(C)CCCCn1c(C(C)(C)C)c[nH]c1=S. The fourth-order valence-corrected chi connectivity index (χ4v) is 2.19. The van der Waals surface area contributed by atoms with E-state index in [1.807, 2.05) is 6.20 Å². The van der Waals surface area contributed by atoms with Crippen LogP contribution in [0.25, 0.3) is 0 Å². The van der Waals surface area contributed by atoms with E-state index >= 15 is 0 Å². The lowest BCUT2D eigenvalue weighted by molar-refractivity contribution is 0.384. The zero-order valence-electron chi connectivity index (χ0n) is 11.7. The minimum absolute atomic E-state index is 0.148. The van der Waals surface area contributed by atoms with Crippen molar-refractivity contribution in [2.75, 3.05) is 20.6 Å². The Morgan fingerprint density at radius 1 is 1.29 bits per heavy atom. The van der Waals surface area contributed by atoms with E-state index in [1.54, 1.807) is 0 Å². The van der Waals surface area contributed by atoms with Gasteiger partial charge in [0.05, 0.1) is 0 Å². The van der Waals surface area contributed by atoms with Crippen molar-refractivity contribution in [3.8, 4) is 0 Å². The molecule has 0 fully saturated rings. The van der Waals surface area contributed by atoms with Crippen molar-refractivity contribution in [3.63, 3.8) is 0 Å². The van der Waals surface area contributed by atoms with Gasteiger partial charge in [0.1, 0.15) is 0 Å². The van der Waals surface area contributed by atoms with Crippen LogP contribution in [0.4, 0.5) is 0 Å². The average Bonchev–Trinajstić information content (AvgIpc) is 2.54. The molecule has 0 aromatic carbocycles. The minimum atomic E-state index is 0.148. The van der Waals surface area contributed by atoms with Crippen LogP contribution in [-0.2, 0) is 12.0 Å². The monoisotopic (exact) mass is 255 g/mol. The van der Waals surface area contributed by atoms with E-state index in [4.69, 9.17) is 12.2 Å². The molecular weight excluding hydrogens is 230 g/mol. The first-order valence-electron chi connectivity index (χ1n) is 6.26. The van der Waals surface area contributed by atoms with Crippen LogP contribution in [0.1, 0.15) is 39.3 Å². The van der Waals surface area contributed by atoms with Crippen molar-refractivity contribution < 1.29 is 0 Å². The second-order valence-corrected chi connectivity index (χ2v) is 6.28. The van der Waals surface area contributed by atoms with Crippen molar-refractivity contribution in [2.45, 2.75) is 45.6 Å². The fraction of sp³-hybridized carbons (Fsp3) is 0.769. The molecule has 0 aliphatic heterocycles. The fourth-order valence-electron chi connectivity index (χ4n) is 1.94. The van der Waals surface area contributed by atoms with Gasteiger partial charge < -0.3 is 14.5 Å². The van der Waals surface area contributed by atoms with Gasteiger partial charge in [-0.25, -0.2) is 0 Å².